The fourth-order valence-corrected chi connectivity index (χ4v) is 1.15. The van der Waals surface area contributed by atoms with Gasteiger partial charge < -0.3 is 9.84 Å². The molecular weight excluding hydrogens is 206 g/mol. The number of carbonyl (C=O) groups excluding carboxylic acids is 1. The summed E-state index contributed by atoms with van der Waals surface area (Å²) in [5.74, 6) is 1.29. The van der Waals surface area contributed by atoms with Crippen LogP contribution in [0.4, 0.5) is 10.6 Å². The minimum absolute atomic E-state index is 0.104. The molecule has 1 aromatic rings. The lowest BCUT2D eigenvalue weighted by Gasteiger charge is -2.14. The van der Waals surface area contributed by atoms with Gasteiger partial charge in [0, 0.05) is 25.1 Å². The van der Waals surface area contributed by atoms with Crippen molar-refractivity contribution in [3.05, 3.63) is 11.8 Å². The normalized spacial score (nSPS) is 11.3. The van der Waals surface area contributed by atoms with Gasteiger partial charge in [-0.2, -0.15) is 0 Å². The molecule has 5 heteroatoms. The van der Waals surface area contributed by atoms with E-state index in [0.717, 1.165) is 5.76 Å². The number of rotatable bonds is 2. The van der Waals surface area contributed by atoms with Crippen molar-refractivity contribution in [2.24, 2.45) is 0 Å². The standard InChI is InChI=1S/C11H19N3O2/c1-6-12-10(15)14(5)9-7-8(16-13-9)11(2,3)4/h7H,6H2,1-5H3,(H,12,15). The van der Waals surface area contributed by atoms with Crippen molar-refractivity contribution >= 4 is 11.8 Å². The van der Waals surface area contributed by atoms with E-state index in [4.69, 9.17) is 4.52 Å². The zero-order valence-corrected chi connectivity index (χ0v) is 10.5. The average Bonchev–Trinajstić information content (AvgIpc) is 2.65. The average molecular weight is 225 g/mol. The maximum atomic E-state index is 11.5. The van der Waals surface area contributed by atoms with E-state index in [9.17, 15) is 4.79 Å². The number of amides is 2. The predicted octanol–water partition coefficient (Wildman–Crippen LogP) is 2.14. The molecule has 0 bridgehead atoms. The number of hydrogen-bond acceptors (Lipinski definition) is 3. The Kier molecular flexibility index (Phi) is 3.57. The zero-order chi connectivity index (χ0) is 12.3. The molecule has 0 fully saturated rings. The lowest BCUT2D eigenvalue weighted by atomic mass is 9.93. The van der Waals surface area contributed by atoms with Crippen molar-refractivity contribution in [1.82, 2.24) is 10.5 Å². The highest BCUT2D eigenvalue weighted by Gasteiger charge is 2.22. The van der Waals surface area contributed by atoms with Crippen molar-refractivity contribution < 1.29 is 9.32 Å². The van der Waals surface area contributed by atoms with E-state index in [1.807, 2.05) is 27.7 Å². The number of carbonyl (C=O) groups is 1. The van der Waals surface area contributed by atoms with Gasteiger partial charge in [0.1, 0.15) is 5.76 Å². The second-order valence-corrected chi connectivity index (χ2v) is 4.69. The number of anilines is 1. The second kappa shape index (κ2) is 4.55. The van der Waals surface area contributed by atoms with Gasteiger partial charge in [-0.25, -0.2) is 4.79 Å². The number of urea groups is 1. The molecule has 1 N–H and O–H groups in total. The number of nitrogens with one attached hydrogen (secondary N) is 1. The van der Waals surface area contributed by atoms with Crippen LogP contribution in [-0.2, 0) is 5.41 Å². The molecule has 5 nitrogen and oxygen atoms in total. The van der Waals surface area contributed by atoms with Crippen LogP contribution >= 0.6 is 0 Å². The van der Waals surface area contributed by atoms with Crippen molar-refractivity contribution in [2.45, 2.75) is 33.1 Å². The number of hydrogen-bond donors (Lipinski definition) is 1. The van der Waals surface area contributed by atoms with Gasteiger partial charge in [-0.05, 0) is 6.92 Å². The molecule has 0 aliphatic carbocycles. The molecule has 2 amide bonds. The Morgan fingerprint density at radius 2 is 2.19 bits per heavy atom. The lowest BCUT2D eigenvalue weighted by molar-refractivity contribution is 0.247. The van der Waals surface area contributed by atoms with Gasteiger partial charge >= 0.3 is 6.03 Å². The molecule has 0 atom stereocenters. The van der Waals surface area contributed by atoms with Crippen molar-refractivity contribution in [2.75, 3.05) is 18.5 Å². The van der Waals surface area contributed by atoms with Crippen molar-refractivity contribution in [3.63, 3.8) is 0 Å². The minimum Gasteiger partial charge on any atom is -0.359 e. The first-order valence-electron chi connectivity index (χ1n) is 5.35. The highest BCUT2D eigenvalue weighted by atomic mass is 16.5. The summed E-state index contributed by atoms with van der Waals surface area (Å²) < 4.78 is 5.21. The third kappa shape index (κ3) is 2.74. The molecule has 0 unspecified atom stereocenters. The molecule has 0 radical (unpaired) electrons. The fraction of sp³-hybridized carbons (Fsp3) is 0.636. The van der Waals surface area contributed by atoms with E-state index in [0.29, 0.717) is 12.4 Å². The molecule has 0 saturated carbocycles. The Balaban J connectivity index is 2.82. The van der Waals surface area contributed by atoms with Crippen molar-refractivity contribution in [1.29, 1.82) is 0 Å². The number of aromatic nitrogens is 1. The summed E-state index contributed by atoms with van der Waals surface area (Å²) in [6.07, 6.45) is 0. The maximum Gasteiger partial charge on any atom is 0.322 e. The summed E-state index contributed by atoms with van der Waals surface area (Å²) in [7, 11) is 1.66. The van der Waals surface area contributed by atoms with E-state index in [1.54, 1.807) is 13.1 Å². The van der Waals surface area contributed by atoms with Gasteiger partial charge in [-0.15, -0.1) is 0 Å². The Bertz CT molecular complexity index is 366. The summed E-state index contributed by atoms with van der Waals surface area (Å²) in [6, 6.07) is 1.60. The monoisotopic (exact) mass is 225 g/mol. The quantitative estimate of drug-likeness (QED) is 0.838. The largest absolute Gasteiger partial charge is 0.359 e. The smallest absolute Gasteiger partial charge is 0.322 e. The second-order valence-electron chi connectivity index (χ2n) is 4.69. The lowest BCUT2D eigenvalue weighted by Crippen LogP contribution is -2.37. The highest BCUT2D eigenvalue weighted by Crippen LogP contribution is 2.25. The summed E-state index contributed by atoms with van der Waals surface area (Å²) in [6.45, 7) is 8.55. The predicted molar refractivity (Wildman–Crippen MR) is 62.7 cm³/mol. The summed E-state index contributed by atoms with van der Waals surface area (Å²) in [5.41, 5.74) is -0.104. The maximum absolute atomic E-state index is 11.5. The molecule has 0 aliphatic rings. The van der Waals surface area contributed by atoms with Crippen LogP contribution < -0.4 is 10.2 Å². The van der Waals surface area contributed by atoms with Crippen LogP contribution in [-0.4, -0.2) is 24.8 Å². The van der Waals surface area contributed by atoms with Crippen LogP contribution in [0.15, 0.2) is 10.6 Å². The van der Waals surface area contributed by atoms with E-state index >= 15 is 0 Å². The topological polar surface area (TPSA) is 58.4 Å². The molecule has 1 aromatic heterocycles. The Hall–Kier alpha value is -1.52. The molecule has 0 aliphatic heterocycles. The van der Waals surface area contributed by atoms with E-state index in [1.165, 1.54) is 4.90 Å². The first-order chi connectivity index (χ1) is 7.36. The SMILES string of the molecule is CCNC(=O)N(C)c1cc(C(C)(C)C)on1. The molecule has 90 valence electrons. The summed E-state index contributed by atoms with van der Waals surface area (Å²) in [4.78, 5) is 13.0. The third-order valence-electron chi connectivity index (χ3n) is 2.21. The molecule has 0 aromatic carbocycles. The van der Waals surface area contributed by atoms with Gasteiger partial charge in [0.2, 0.25) is 0 Å². The van der Waals surface area contributed by atoms with Gasteiger partial charge in [0.25, 0.3) is 0 Å². The summed E-state index contributed by atoms with van der Waals surface area (Å²) in [5, 5.41) is 6.57. The van der Waals surface area contributed by atoms with Crippen LogP contribution in [0, 0.1) is 0 Å². The van der Waals surface area contributed by atoms with Crippen LogP contribution in [0.2, 0.25) is 0 Å². The number of nitrogens with zero attached hydrogens (tertiary/aromatic N) is 2. The van der Waals surface area contributed by atoms with E-state index in [2.05, 4.69) is 10.5 Å². The van der Waals surface area contributed by atoms with E-state index < -0.39 is 0 Å². The Morgan fingerprint density at radius 1 is 1.56 bits per heavy atom. The van der Waals surface area contributed by atoms with Gasteiger partial charge in [0.05, 0.1) is 0 Å². The third-order valence-corrected chi connectivity index (χ3v) is 2.21. The van der Waals surface area contributed by atoms with Gasteiger partial charge in [0.15, 0.2) is 5.82 Å². The molecule has 16 heavy (non-hydrogen) atoms. The Morgan fingerprint density at radius 3 is 2.62 bits per heavy atom. The molecular formula is C11H19N3O2. The molecule has 1 heterocycles. The summed E-state index contributed by atoms with van der Waals surface area (Å²) >= 11 is 0. The van der Waals surface area contributed by atoms with Crippen molar-refractivity contribution in [3.8, 4) is 0 Å². The Labute approximate surface area is 95.8 Å². The van der Waals surface area contributed by atoms with Crippen LogP contribution in [0.1, 0.15) is 33.5 Å². The minimum atomic E-state index is -0.184. The van der Waals surface area contributed by atoms with Gasteiger partial charge in [-0.1, -0.05) is 25.9 Å². The van der Waals surface area contributed by atoms with Crippen LogP contribution in [0.3, 0.4) is 0 Å². The first-order valence-corrected chi connectivity index (χ1v) is 5.35. The van der Waals surface area contributed by atoms with Gasteiger partial charge in [-0.3, -0.25) is 4.90 Å². The first kappa shape index (κ1) is 12.5. The van der Waals surface area contributed by atoms with E-state index in [-0.39, 0.29) is 11.4 Å². The van der Waals surface area contributed by atoms with Crippen LogP contribution in [0.25, 0.3) is 0 Å². The van der Waals surface area contributed by atoms with Crippen LogP contribution in [0.5, 0.6) is 0 Å². The fourth-order valence-electron chi connectivity index (χ4n) is 1.15. The molecule has 1 rings (SSSR count). The molecule has 0 saturated heterocycles. The zero-order valence-electron chi connectivity index (χ0n) is 10.5. The molecule has 0 spiro atoms. The highest BCUT2D eigenvalue weighted by molar-refractivity contribution is 5.90.